The molecule has 0 heterocycles. The van der Waals surface area contributed by atoms with Gasteiger partial charge in [0.05, 0.1) is 7.11 Å². The van der Waals surface area contributed by atoms with Gasteiger partial charge in [0.25, 0.3) is 0 Å². The average molecular weight is 209 g/mol. The standard InChI is InChI=1S/C12H19NO2/c1-14-9-5-7-11(13)10-6-3-4-8-12(10)15-2/h3-4,6,8,11H,5,7,9,13H2,1-2H3. The zero-order valence-corrected chi connectivity index (χ0v) is 9.40. The van der Waals surface area contributed by atoms with E-state index in [1.54, 1.807) is 14.2 Å². The molecule has 1 rings (SSSR count). The third-order valence-corrected chi connectivity index (χ3v) is 2.40. The molecule has 0 radical (unpaired) electrons. The summed E-state index contributed by atoms with van der Waals surface area (Å²) in [6.07, 6.45) is 1.88. The van der Waals surface area contributed by atoms with E-state index in [-0.39, 0.29) is 6.04 Å². The van der Waals surface area contributed by atoms with Crippen molar-refractivity contribution >= 4 is 0 Å². The number of methoxy groups -OCH3 is 2. The van der Waals surface area contributed by atoms with E-state index < -0.39 is 0 Å². The topological polar surface area (TPSA) is 44.5 Å². The second-order valence-corrected chi connectivity index (χ2v) is 3.48. The Morgan fingerprint density at radius 3 is 2.67 bits per heavy atom. The summed E-state index contributed by atoms with van der Waals surface area (Å²) in [6.45, 7) is 0.753. The molecule has 0 fully saturated rings. The molecule has 84 valence electrons. The fourth-order valence-electron chi connectivity index (χ4n) is 1.58. The Balaban J connectivity index is 2.59. The SMILES string of the molecule is COCCCC(N)c1ccccc1OC. The second-order valence-electron chi connectivity index (χ2n) is 3.48. The fourth-order valence-corrected chi connectivity index (χ4v) is 1.58. The lowest BCUT2D eigenvalue weighted by Crippen LogP contribution is -2.12. The molecule has 0 aromatic heterocycles. The number of benzene rings is 1. The molecule has 1 aromatic carbocycles. The number of rotatable bonds is 6. The summed E-state index contributed by atoms with van der Waals surface area (Å²) in [5.41, 5.74) is 7.14. The van der Waals surface area contributed by atoms with Crippen molar-refractivity contribution in [1.82, 2.24) is 0 Å². The molecule has 3 nitrogen and oxygen atoms in total. The van der Waals surface area contributed by atoms with Crippen LogP contribution in [0.2, 0.25) is 0 Å². The molecule has 0 saturated carbocycles. The van der Waals surface area contributed by atoms with Gasteiger partial charge in [-0.25, -0.2) is 0 Å². The predicted molar refractivity (Wildman–Crippen MR) is 61.0 cm³/mol. The monoisotopic (exact) mass is 209 g/mol. The minimum atomic E-state index is 0.0244. The number of hydrogen-bond acceptors (Lipinski definition) is 3. The summed E-state index contributed by atoms with van der Waals surface area (Å²) in [5, 5.41) is 0. The second kappa shape index (κ2) is 6.43. The molecule has 0 spiro atoms. The van der Waals surface area contributed by atoms with E-state index in [1.165, 1.54) is 0 Å². The summed E-state index contributed by atoms with van der Waals surface area (Å²) in [7, 11) is 3.37. The van der Waals surface area contributed by atoms with E-state index in [0.717, 1.165) is 30.8 Å². The highest BCUT2D eigenvalue weighted by Crippen LogP contribution is 2.25. The average Bonchev–Trinajstić information content (AvgIpc) is 2.29. The number of para-hydroxylation sites is 1. The van der Waals surface area contributed by atoms with Crippen LogP contribution in [0.15, 0.2) is 24.3 Å². The van der Waals surface area contributed by atoms with Gasteiger partial charge in [0.2, 0.25) is 0 Å². The lowest BCUT2D eigenvalue weighted by molar-refractivity contribution is 0.190. The highest BCUT2D eigenvalue weighted by molar-refractivity contribution is 5.35. The smallest absolute Gasteiger partial charge is 0.123 e. The van der Waals surface area contributed by atoms with Crippen LogP contribution < -0.4 is 10.5 Å². The molecule has 0 aliphatic rings. The first-order chi connectivity index (χ1) is 7.29. The maximum atomic E-state index is 6.08. The van der Waals surface area contributed by atoms with Crippen molar-refractivity contribution in [3.05, 3.63) is 29.8 Å². The Hall–Kier alpha value is -1.06. The van der Waals surface area contributed by atoms with Crippen LogP contribution in [0, 0.1) is 0 Å². The van der Waals surface area contributed by atoms with Crippen LogP contribution in [0.1, 0.15) is 24.4 Å². The van der Waals surface area contributed by atoms with Gasteiger partial charge in [0.1, 0.15) is 5.75 Å². The van der Waals surface area contributed by atoms with Crippen LogP contribution in [0.4, 0.5) is 0 Å². The summed E-state index contributed by atoms with van der Waals surface area (Å²) < 4.78 is 10.3. The molecule has 0 saturated heterocycles. The normalized spacial score (nSPS) is 12.5. The number of hydrogen-bond donors (Lipinski definition) is 1. The molecular formula is C12H19NO2. The van der Waals surface area contributed by atoms with Gasteiger partial charge >= 0.3 is 0 Å². The van der Waals surface area contributed by atoms with E-state index in [4.69, 9.17) is 15.2 Å². The molecule has 0 aliphatic heterocycles. The third-order valence-electron chi connectivity index (χ3n) is 2.40. The molecule has 15 heavy (non-hydrogen) atoms. The number of ether oxygens (including phenoxy) is 2. The molecule has 1 aromatic rings. The molecule has 0 amide bonds. The Morgan fingerprint density at radius 2 is 2.00 bits per heavy atom. The van der Waals surface area contributed by atoms with E-state index in [0.29, 0.717) is 0 Å². The Morgan fingerprint density at radius 1 is 1.27 bits per heavy atom. The fraction of sp³-hybridized carbons (Fsp3) is 0.500. The van der Waals surface area contributed by atoms with E-state index in [2.05, 4.69) is 0 Å². The van der Waals surface area contributed by atoms with Crippen LogP contribution >= 0.6 is 0 Å². The first-order valence-corrected chi connectivity index (χ1v) is 5.17. The maximum absolute atomic E-state index is 6.08. The van der Waals surface area contributed by atoms with Crippen LogP contribution in [0.25, 0.3) is 0 Å². The van der Waals surface area contributed by atoms with Crippen molar-refractivity contribution in [3.63, 3.8) is 0 Å². The zero-order valence-electron chi connectivity index (χ0n) is 9.40. The third kappa shape index (κ3) is 3.53. The van der Waals surface area contributed by atoms with Gasteiger partial charge in [-0.15, -0.1) is 0 Å². The lowest BCUT2D eigenvalue weighted by atomic mass is 10.0. The Bertz CT molecular complexity index is 289. The van der Waals surface area contributed by atoms with Gasteiger partial charge in [-0.3, -0.25) is 0 Å². The van der Waals surface area contributed by atoms with Crippen molar-refractivity contribution in [2.75, 3.05) is 20.8 Å². The highest BCUT2D eigenvalue weighted by atomic mass is 16.5. The van der Waals surface area contributed by atoms with Crippen molar-refractivity contribution in [2.24, 2.45) is 5.73 Å². The van der Waals surface area contributed by atoms with Crippen LogP contribution in [0.3, 0.4) is 0 Å². The lowest BCUT2D eigenvalue weighted by Gasteiger charge is -2.15. The molecule has 0 bridgehead atoms. The van der Waals surface area contributed by atoms with Crippen LogP contribution in [-0.4, -0.2) is 20.8 Å². The molecule has 0 aliphatic carbocycles. The molecule has 1 atom stereocenters. The van der Waals surface area contributed by atoms with Crippen LogP contribution in [-0.2, 0) is 4.74 Å². The summed E-state index contributed by atoms with van der Waals surface area (Å²) in [5.74, 6) is 0.863. The van der Waals surface area contributed by atoms with Gasteiger partial charge in [-0.2, -0.15) is 0 Å². The van der Waals surface area contributed by atoms with Crippen molar-refractivity contribution in [1.29, 1.82) is 0 Å². The van der Waals surface area contributed by atoms with Gasteiger partial charge in [-0.1, -0.05) is 18.2 Å². The highest BCUT2D eigenvalue weighted by Gasteiger charge is 2.10. The van der Waals surface area contributed by atoms with E-state index in [9.17, 15) is 0 Å². The molecular weight excluding hydrogens is 190 g/mol. The van der Waals surface area contributed by atoms with E-state index in [1.807, 2.05) is 24.3 Å². The zero-order chi connectivity index (χ0) is 11.1. The van der Waals surface area contributed by atoms with E-state index >= 15 is 0 Å². The largest absolute Gasteiger partial charge is 0.496 e. The quantitative estimate of drug-likeness (QED) is 0.730. The number of nitrogens with two attached hydrogens (primary N) is 1. The van der Waals surface area contributed by atoms with Gasteiger partial charge < -0.3 is 15.2 Å². The molecule has 3 heteroatoms. The predicted octanol–water partition coefficient (Wildman–Crippen LogP) is 2.12. The Labute approximate surface area is 91.2 Å². The first kappa shape index (κ1) is 12.0. The van der Waals surface area contributed by atoms with Gasteiger partial charge in [0, 0.05) is 25.3 Å². The molecule has 1 unspecified atom stereocenters. The minimum absolute atomic E-state index is 0.0244. The van der Waals surface area contributed by atoms with Crippen molar-refractivity contribution in [3.8, 4) is 5.75 Å². The minimum Gasteiger partial charge on any atom is -0.496 e. The van der Waals surface area contributed by atoms with Gasteiger partial charge in [-0.05, 0) is 18.9 Å². The van der Waals surface area contributed by atoms with Crippen molar-refractivity contribution < 1.29 is 9.47 Å². The van der Waals surface area contributed by atoms with Crippen molar-refractivity contribution in [2.45, 2.75) is 18.9 Å². The summed E-state index contributed by atoms with van der Waals surface area (Å²) in [4.78, 5) is 0. The molecule has 2 N–H and O–H groups in total. The summed E-state index contributed by atoms with van der Waals surface area (Å²) >= 11 is 0. The first-order valence-electron chi connectivity index (χ1n) is 5.17. The maximum Gasteiger partial charge on any atom is 0.123 e. The summed E-state index contributed by atoms with van der Waals surface area (Å²) in [6, 6.07) is 7.90. The van der Waals surface area contributed by atoms with Gasteiger partial charge in [0.15, 0.2) is 0 Å². The Kier molecular flexibility index (Phi) is 5.15. The van der Waals surface area contributed by atoms with Crippen LogP contribution in [0.5, 0.6) is 5.75 Å².